The number of aryl methyl sites for hydroxylation is 21. The summed E-state index contributed by atoms with van der Waals surface area (Å²) in [4.78, 5) is 87.2. The van der Waals surface area contributed by atoms with Crippen LogP contribution in [-0.4, -0.2) is 138 Å². The van der Waals surface area contributed by atoms with E-state index in [-0.39, 0.29) is 27.5 Å². The number of nitrogens with two attached hydrogens (primary N) is 2. The van der Waals surface area contributed by atoms with E-state index in [1.54, 1.807) is 120 Å². The van der Waals surface area contributed by atoms with Gasteiger partial charge in [0.2, 0.25) is 21.5 Å². The Labute approximate surface area is 901 Å². The van der Waals surface area contributed by atoms with Gasteiger partial charge in [0.1, 0.15) is 33.6 Å². The number of methoxy groups -OCH3 is 2. The van der Waals surface area contributed by atoms with E-state index in [4.69, 9.17) is 73.2 Å². The van der Waals surface area contributed by atoms with Crippen molar-refractivity contribution in [3.8, 4) is 29.3 Å². The maximum Gasteiger partial charge on any atom is 0.335 e. The number of pyridine rings is 10. The lowest BCUT2D eigenvalue weighted by Crippen LogP contribution is -2.11. The summed E-state index contributed by atoms with van der Waals surface area (Å²) in [6.07, 6.45) is 20.0. The molecule has 794 valence electrons. The molecule has 16 aromatic rings. The van der Waals surface area contributed by atoms with E-state index in [1.165, 1.54) is 85.4 Å². The molecule has 12 aromatic heterocycles. The molecule has 0 aliphatic rings. The van der Waals surface area contributed by atoms with Crippen molar-refractivity contribution in [3.05, 3.63) is 466 Å². The summed E-state index contributed by atoms with van der Waals surface area (Å²) >= 11 is 16.5. The van der Waals surface area contributed by atoms with E-state index >= 15 is 0 Å². The first-order chi connectivity index (χ1) is 70.7. The van der Waals surface area contributed by atoms with E-state index in [1.807, 2.05) is 236 Å². The van der Waals surface area contributed by atoms with Crippen LogP contribution in [0, 0.1) is 157 Å². The molecule has 0 aliphatic heterocycles. The Balaban J connectivity index is 0.000000799. The number of carboxylic acid groups (broad SMARTS) is 1. The summed E-state index contributed by atoms with van der Waals surface area (Å²) in [5.74, 6) is 1.64. The van der Waals surface area contributed by atoms with Gasteiger partial charge in [0.15, 0.2) is 5.88 Å². The molecule has 33 heteroatoms. The maximum atomic E-state index is 10.7. The molecule has 0 unspecified atom stereocenters. The Morgan fingerprint density at radius 1 is 0.450 bits per heavy atom. The number of nitrogens with zero attached hydrogens (tertiary/aromatic N) is 10. The van der Waals surface area contributed by atoms with Gasteiger partial charge in [-0.2, -0.15) is 5.26 Å². The lowest BCUT2D eigenvalue weighted by atomic mass is 10.1. The number of aromatic nitrogens is 12. The third kappa shape index (κ3) is 70.9. The fraction of sp³-hybridized carbons (Fsp3) is 0.276. The predicted octanol–water partition coefficient (Wildman–Crippen LogP) is 24.7. The molecule has 0 radical (unpaired) electrons. The van der Waals surface area contributed by atoms with Crippen LogP contribution in [0.4, 0.5) is 0 Å². The summed E-state index contributed by atoms with van der Waals surface area (Å²) in [6.45, 7) is 45.8. The highest BCUT2D eigenvalue weighted by atomic mass is 79.9. The third-order valence-electron chi connectivity index (χ3n) is 18.6. The number of benzene rings is 4. The molecule has 16 rings (SSSR count). The molecule has 12 heterocycles. The van der Waals surface area contributed by atoms with Gasteiger partial charge < -0.3 is 49.6 Å². The minimum absolute atomic E-state index is 0.0370. The molecule has 28 nitrogen and oxygen atoms in total. The summed E-state index contributed by atoms with van der Waals surface area (Å²) in [5.41, 5.74) is 26.1. The van der Waals surface area contributed by atoms with E-state index in [2.05, 4.69) is 153 Å². The molecule has 0 saturated carbocycles. The SMILES string of the molecule is COCCCOc1cc(C)ccc1C.COc1cc(C)ccn1.Cc1cc(=O)[nH]cn1.Cc1cc(Br)c(C)cn1.Cc1cc(O)[nH]c(=O)c1.Cc1cc[nH]c(=O)c1.Cc1ccc(C)c(Cl)n1.Cc1ccc(C)nc1.Cc1ccc(C)s1.Cc1ccc(Cl)nc1.Cc1ccc(S(N)(=O)=O)cc1.Cc1cccc(C(=O)O)c1.Cc1cccc(OCCCOCCCN)c1.Cc1ccccn1.Cc1ccnc(C#N)c1.Cc1ccncc1. The monoisotopic (exact) mass is 2170 g/mol. The Morgan fingerprint density at radius 2 is 0.987 bits per heavy atom. The Kier molecular flexibility index (Phi) is 70.1. The van der Waals surface area contributed by atoms with Crippen LogP contribution >= 0.6 is 50.5 Å². The number of nitriles is 1. The molecular weight excluding hydrogens is 2030 g/mol. The third-order valence-corrected chi connectivity index (χ3v) is 21.9. The van der Waals surface area contributed by atoms with E-state index in [0.29, 0.717) is 40.6 Å². The van der Waals surface area contributed by atoms with Gasteiger partial charge in [0, 0.05) is 169 Å². The van der Waals surface area contributed by atoms with Crippen molar-refractivity contribution in [1.82, 2.24) is 59.8 Å². The molecule has 0 fully saturated rings. The van der Waals surface area contributed by atoms with Crippen LogP contribution in [0.3, 0.4) is 0 Å². The van der Waals surface area contributed by atoms with Gasteiger partial charge in [-0.25, -0.2) is 43.3 Å². The highest BCUT2D eigenvalue weighted by Crippen LogP contribution is 2.21. The van der Waals surface area contributed by atoms with Crippen LogP contribution < -0.4 is 41.8 Å². The van der Waals surface area contributed by atoms with E-state index < -0.39 is 16.0 Å². The van der Waals surface area contributed by atoms with Crippen molar-refractivity contribution in [3.63, 3.8) is 0 Å². The number of sulfonamides is 1. The molecule has 4 aromatic carbocycles. The van der Waals surface area contributed by atoms with Crippen LogP contribution in [0.2, 0.25) is 10.3 Å². The van der Waals surface area contributed by atoms with Gasteiger partial charge in [-0.1, -0.05) is 123 Å². The zero-order chi connectivity index (χ0) is 111. The number of hydrogen-bond donors (Lipinski definition) is 7. The smallest absolute Gasteiger partial charge is 0.335 e. The number of ether oxygens (including phenoxy) is 5. The van der Waals surface area contributed by atoms with Crippen molar-refractivity contribution in [1.29, 1.82) is 5.26 Å². The summed E-state index contributed by atoms with van der Waals surface area (Å²) in [6, 6.07) is 72.4. The van der Waals surface area contributed by atoms with Crippen molar-refractivity contribution in [2.24, 2.45) is 10.9 Å². The second-order valence-corrected chi connectivity index (χ2v) is 37.7. The summed E-state index contributed by atoms with van der Waals surface area (Å²) < 4.78 is 49.0. The van der Waals surface area contributed by atoms with Crippen molar-refractivity contribution < 1.29 is 47.1 Å². The van der Waals surface area contributed by atoms with Crippen LogP contribution in [-0.2, 0) is 19.5 Å². The van der Waals surface area contributed by atoms with Gasteiger partial charge in [-0.05, 0) is 353 Å². The zero-order valence-electron chi connectivity index (χ0n) is 89.5. The lowest BCUT2D eigenvalue weighted by molar-refractivity contribution is 0.0696. The Morgan fingerprint density at radius 3 is 1.42 bits per heavy atom. The molecule has 0 spiro atoms. The number of aromatic amines is 3. The van der Waals surface area contributed by atoms with Crippen LogP contribution in [0.5, 0.6) is 23.3 Å². The topological polar surface area (TPSA) is 428 Å². The average Bonchev–Trinajstić information content (AvgIpc) is 1.85. The highest BCUT2D eigenvalue weighted by Gasteiger charge is 2.07. The second-order valence-electron chi connectivity index (χ2n) is 33.1. The molecule has 149 heavy (non-hydrogen) atoms. The first-order valence-electron chi connectivity index (χ1n) is 47.1. The largest absolute Gasteiger partial charge is 0.495 e. The Hall–Kier alpha value is -14.4. The summed E-state index contributed by atoms with van der Waals surface area (Å²) in [5, 5.41) is 31.6. The predicted molar refractivity (Wildman–Crippen MR) is 608 cm³/mol. The standard InChI is InChI=1S/C13H21NO2.C12H18O2.C8H8O2.C7H8BrN.C7H8ClN.C7H6N2.C7H9NO2S.C7H9NO.C7H9N.C6H6ClN.C6H7NO2.C6H7NO.2C6H7N.C6H8S.C5H6N2O/c1-12-5-2-6-13(11-12)16-10-4-9-15-8-3-7-14;1-10-5-6-11(2)12(9-10)14-8-4-7-13-3;1-6-3-2-4-7(5-6)8(9)10;1-5-4-9-6(2)3-7(5)8;1-5-3-4-6(2)9-7(5)8;1-6-2-3-9-7(4-6)5-8;1-6-2-4-7(5-3-6)11(8,9)10;1-6-3-4-8-7(5-6)9-2;1-6-3-4-7(2)8-5-6;1-5-2-3-6(7)8-4-5;1-4-2-5(8)7-6(9)3-4;1-5-2-3-7-6(8)4-5;1-6-2-4-7-5-3-6;1-6-4-2-3-5-7-6;1-5-3-4-6(2)7-5;1-4-2-5(8)7-3-6-4/h2,5-6,11H,3-4,7-10,14H2,1H3;5-6,9H,4,7-8H2,1-3H3;2-5H,1H3,(H,9,10);2*3-4H,1-2H3;2-4H,1H3;2-5H,1H3,(H2,8,9,10);3-5H,1-2H3;3-5H,1-2H3;2-4H,1H3;2-3H,1H3,(H2,7,8,9);2-4H,1H3,(H,7,8);2*2-5H,1H3;3-4H,1-2H3;2-3H,1H3,(H,6,7,8). The molecule has 0 bridgehead atoms. The second kappa shape index (κ2) is 78.8. The quantitative estimate of drug-likeness (QED) is 0.0349. The first kappa shape index (κ1) is 133. The fourth-order valence-electron chi connectivity index (χ4n) is 10.6. The minimum Gasteiger partial charge on any atom is -0.495 e. The number of hydrogen-bond acceptors (Lipinski definition) is 24. The van der Waals surface area contributed by atoms with Crippen molar-refractivity contribution in [2.45, 2.75) is 170 Å². The molecule has 9 N–H and O–H groups in total. The number of thiophene rings is 1. The van der Waals surface area contributed by atoms with Gasteiger partial charge in [0.05, 0.1) is 37.1 Å². The first-order valence-corrected chi connectivity index (χ1v) is 51.0. The molecule has 0 amide bonds. The number of nitrogens with one attached hydrogen (secondary N) is 3. The van der Waals surface area contributed by atoms with E-state index in [0.717, 1.165) is 129 Å². The van der Waals surface area contributed by atoms with Gasteiger partial charge in [-0.3, -0.25) is 39.3 Å². The minimum atomic E-state index is -3.52. The number of H-pyrrole nitrogens is 3. The number of rotatable bonds is 16. The maximum absolute atomic E-state index is 10.7. The highest BCUT2D eigenvalue weighted by molar-refractivity contribution is 9.10. The number of halogens is 3. The van der Waals surface area contributed by atoms with Crippen molar-refractivity contribution >= 4 is 66.5 Å². The average molecular weight is 2170 g/mol. The zero-order valence-corrected chi connectivity index (χ0v) is 94.3. The number of carbonyl (C=O) groups is 1. The van der Waals surface area contributed by atoms with E-state index in [9.17, 15) is 27.6 Å². The number of aromatic hydroxyl groups is 1. The lowest BCUT2D eigenvalue weighted by Gasteiger charge is -2.09. The number of carboxylic acids is 1. The summed E-state index contributed by atoms with van der Waals surface area (Å²) in [7, 11) is -0.200. The van der Waals surface area contributed by atoms with Crippen LogP contribution in [0.15, 0.2) is 316 Å². The van der Waals surface area contributed by atoms with Crippen LogP contribution in [0.1, 0.15) is 151 Å². The molecular formula is C116H144BrCl2N15O13S2. The van der Waals surface area contributed by atoms with Gasteiger partial charge in [0.25, 0.3) is 11.1 Å². The van der Waals surface area contributed by atoms with Gasteiger partial charge >= 0.3 is 5.97 Å². The molecule has 0 atom stereocenters. The molecule has 0 aliphatic carbocycles. The van der Waals surface area contributed by atoms with Gasteiger partial charge in [-0.15, -0.1) is 11.3 Å². The van der Waals surface area contributed by atoms with Crippen molar-refractivity contribution in [2.75, 3.05) is 53.8 Å². The number of primary sulfonamides is 1. The van der Waals surface area contributed by atoms with Crippen LogP contribution in [0.25, 0.3) is 0 Å². The molecule has 0 saturated heterocycles. The fourth-order valence-corrected chi connectivity index (χ4v) is 12.6. The number of aromatic carboxylic acids is 1. The Bertz CT molecular complexity index is 6510. The normalized spacial score (nSPS) is 9.58.